The predicted molar refractivity (Wildman–Crippen MR) is 95.0 cm³/mol. The molecule has 0 bridgehead atoms. The lowest BCUT2D eigenvalue weighted by Gasteiger charge is -2.08. The molecule has 0 atom stereocenters. The number of anilines is 1. The van der Waals surface area contributed by atoms with Crippen molar-refractivity contribution in [1.82, 2.24) is 19.8 Å². The van der Waals surface area contributed by atoms with Gasteiger partial charge in [0.25, 0.3) is 0 Å². The summed E-state index contributed by atoms with van der Waals surface area (Å²) >= 11 is 6.16. The molecule has 1 N–H and O–H groups in total. The van der Waals surface area contributed by atoms with Crippen LogP contribution >= 0.6 is 11.6 Å². The van der Waals surface area contributed by atoms with E-state index in [2.05, 4.69) is 20.6 Å². The van der Waals surface area contributed by atoms with Crippen LogP contribution in [0.5, 0.6) is 0 Å². The highest BCUT2D eigenvalue weighted by Crippen LogP contribution is 2.22. The maximum Gasteiger partial charge on any atom is 0.188 e. The van der Waals surface area contributed by atoms with E-state index in [1.54, 1.807) is 30.3 Å². The minimum atomic E-state index is -0.368. The van der Waals surface area contributed by atoms with Gasteiger partial charge in [-0.15, -0.1) is 15.3 Å². The Morgan fingerprint density at radius 2 is 1.76 bits per heavy atom. The summed E-state index contributed by atoms with van der Waals surface area (Å²) in [6.07, 6.45) is 0. The van der Waals surface area contributed by atoms with E-state index >= 15 is 0 Å². The van der Waals surface area contributed by atoms with Crippen LogP contribution in [0.4, 0.5) is 10.2 Å². The lowest BCUT2D eigenvalue weighted by molar-refractivity contribution is 0.629. The Hall–Kier alpha value is -2.99. The van der Waals surface area contributed by atoms with Gasteiger partial charge in [-0.2, -0.15) is 4.52 Å². The molecule has 7 heteroatoms. The fourth-order valence-corrected chi connectivity index (χ4v) is 2.72. The molecule has 2 aromatic heterocycles. The minimum absolute atomic E-state index is 0.353. The fraction of sp³-hybridized carbons (Fsp3) is 0.0556. The van der Waals surface area contributed by atoms with Crippen LogP contribution in [0.15, 0.2) is 60.7 Å². The molecule has 124 valence electrons. The zero-order chi connectivity index (χ0) is 17.2. The molecule has 2 aromatic carbocycles. The second kappa shape index (κ2) is 6.49. The Bertz CT molecular complexity index is 1050. The van der Waals surface area contributed by atoms with Crippen molar-refractivity contribution in [3.63, 3.8) is 0 Å². The number of hydrogen-bond donors (Lipinski definition) is 1. The van der Waals surface area contributed by atoms with Crippen molar-refractivity contribution < 1.29 is 4.39 Å². The fourth-order valence-electron chi connectivity index (χ4n) is 2.52. The Labute approximate surface area is 148 Å². The summed E-state index contributed by atoms with van der Waals surface area (Å²) in [7, 11) is 0. The Morgan fingerprint density at radius 1 is 0.960 bits per heavy atom. The van der Waals surface area contributed by atoms with Crippen LogP contribution in [0.3, 0.4) is 0 Å². The standard InChI is InChI=1S/C18H13ClFN5/c19-14-7-3-1-5-12(14)11-21-16-9-10-17-22-23-18(25(17)24-16)13-6-2-4-8-15(13)20/h1-10H,11H2,(H,21,24). The number of benzene rings is 2. The molecule has 4 rings (SSSR count). The third-order valence-corrected chi connectivity index (χ3v) is 4.16. The first kappa shape index (κ1) is 15.5. The average Bonchev–Trinajstić information content (AvgIpc) is 3.04. The normalized spacial score (nSPS) is 11.0. The van der Waals surface area contributed by atoms with Crippen molar-refractivity contribution in [2.24, 2.45) is 0 Å². The number of halogens is 2. The van der Waals surface area contributed by atoms with E-state index in [0.717, 1.165) is 5.56 Å². The lowest BCUT2D eigenvalue weighted by Crippen LogP contribution is -2.05. The van der Waals surface area contributed by atoms with Crippen molar-refractivity contribution in [3.05, 3.63) is 77.1 Å². The monoisotopic (exact) mass is 353 g/mol. The van der Waals surface area contributed by atoms with Gasteiger partial charge < -0.3 is 5.32 Å². The first-order valence-electron chi connectivity index (χ1n) is 7.67. The summed E-state index contributed by atoms with van der Waals surface area (Å²) in [6.45, 7) is 0.523. The largest absolute Gasteiger partial charge is 0.364 e. The van der Waals surface area contributed by atoms with Gasteiger partial charge >= 0.3 is 0 Å². The summed E-state index contributed by atoms with van der Waals surface area (Å²) < 4.78 is 15.6. The van der Waals surface area contributed by atoms with Crippen LogP contribution in [0, 0.1) is 5.82 Å². The van der Waals surface area contributed by atoms with Crippen LogP contribution in [-0.2, 0) is 6.54 Å². The van der Waals surface area contributed by atoms with Crippen LogP contribution in [0.1, 0.15) is 5.56 Å². The van der Waals surface area contributed by atoms with Gasteiger partial charge in [0.2, 0.25) is 0 Å². The van der Waals surface area contributed by atoms with Crippen LogP contribution in [0.2, 0.25) is 5.02 Å². The molecule has 0 unspecified atom stereocenters. The maximum absolute atomic E-state index is 14.1. The van der Waals surface area contributed by atoms with Gasteiger partial charge in [-0.05, 0) is 35.9 Å². The molecule has 4 aromatic rings. The Morgan fingerprint density at radius 3 is 2.60 bits per heavy atom. The summed E-state index contributed by atoms with van der Waals surface area (Å²) in [5.74, 6) is 0.604. The summed E-state index contributed by atoms with van der Waals surface area (Å²) in [4.78, 5) is 0. The molecule has 0 aliphatic heterocycles. The van der Waals surface area contributed by atoms with Crippen molar-refractivity contribution in [2.45, 2.75) is 6.54 Å². The van der Waals surface area contributed by atoms with Crippen LogP contribution < -0.4 is 5.32 Å². The minimum Gasteiger partial charge on any atom is -0.364 e. The van der Waals surface area contributed by atoms with Gasteiger partial charge in [0.1, 0.15) is 11.6 Å². The van der Waals surface area contributed by atoms with Gasteiger partial charge in [-0.3, -0.25) is 0 Å². The number of hydrogen-bond acceptors (Lipinski definition) is 4. The first-order valence-corrected chi connectivity index (χ1v) is 8.05. The first-order chi connectivity index (χ1) is 12.2. The summed E-state index contributed by atoms with van der Waals surface area (Å²) in [6, 6.07) is 17.6. The van der Waals surface area contributed by atoms with Crippen molar-refractivity contribution >= 4 is 23.1 Å². The SMILES string of the molecule is Fc1ccccc1-c1nnc2ccc(NCc3ccccc3Cl)nn12. The highest BCUT2D eigenvalue weighted by molar-refractivity contribution is 6.31. The van der Waals surface area contributed by atoms with Gasteiger partial charge in [0, 0.05) is 11.6 Å². The molecule has 25 heavy (non-hydrogen) atoms. The third kappa shape index (κ3) is 3.04. The van der Waals surface area contributed by atoms with E-state index in [9.17, 15) is 4.39 Å². The molecule has 0 saturated carbocycles. The number of nitrogens with one attached hydrogen (secondary N) is 1. The second-order valence-electron chi connectivity index (χ2n) is 5.44. The van der Waals surface area contributed by atoms with Gasteiger partial charge in [0.15, 0.2) is 11.5 Å². The molecular formula is C18H13ClFN5. The predicted octanol–water partition coefficient (Wildman–Crippen LogP) is 4.20. The molecule has 0 aliphatic rings. The van der Waals surface area contributed by atoms with Gasteiger partial charge in [-0.1, -0.05) is 41.9 Å². The third-order valence-electron chi connectivity index (χ3n) is 3.80. The van der Waals surface area contributed by atoms with E-state index in [1.807, 2.05) is 24.3 Å². The Balaban J connectivity index is 1.67. The van der Waals surface area contributed by atoms with Gasteiger partial charge in [-0.25, -0.2) is 4.39 Å². The van der Waals surface area contributed by atoms with E-state index in [1.165, 1.54) is 10.6 Å². The zero-order valence-electron chi connectivity index (χ0n) is 13.0. The van der Waals surface area contributed by atoms with Gasteiger partial charge in [0.05, 0.1) is 5.56 Å². The van der Waals surface area contributed by atoms with Crippen LogP contribution in [0.25, 0.3) is 17.0 Å². The molecule has 2 heterocycles. The van der Waals surface area contributed by atoms with Crippen LogP contribution in [-0.4, -0.2) is 19.8 Å². The topological polar surface area (TPSA) is 55.1 Å². The second-order valence-corrected chi connectivity index (χ2v) is 5.84. The zero-order valence-corrected chi connectivity index (χ0v) is 13.8. The lowest BCUT2D eigenvalue weighted by atomic mass is 10.2. The molecule has 0 saturated heterocycles. The van der Waals surface area contributed by atoms with E-state index in [-0.39, 0.29) is 5.82 Å². The molecule has 0 aliphatic carbocycles. The van der Waals surface area contributed by atoms with E-state index in [0.29, 0.717) is 34.4 Å². The average molecular weight is 354 g/mol. The molecule has 0 fully saturated rings. The summed E-state index contributed by atoms with van der Waals surface area (Å²) in [5.41, 5.74) is 1.86. The highest BCUT2D eigenvalue weighted by atomic mass is 35.5. The quantitative estimate of drug-likeness (QED) is 0.597. The van der Waals surface area contributed by atoms with Crippen molar-refractivity contribution in [2.75, 3.05) is 5.32 Å². The number of rotatable bonds is 4. The van der Waals surface area contributed by atoms with Crippen molar-refractivity contribution in [3.8, 4) is 11.4 Å². The summed E-state index contributed by atoms with van der Waals surface area (Å²) in [5, 5.41) is 16.5. The molecule has 0 amide bonds. The molecular weight excluding hydrogens is 341 g/mol. The van der Waals surface area contributed by atoms with Crippen molar-refractivity contribution in [1.29, 1.82) is 0 Å². The number of aromatic nitrogens is 4. The molecule has 0 radical (unpaired) electrons. The molecule has 5 nitrogen and oxygen atoms in total. The van der Waals surface area contributed by atoms with E-state index < -0.39 is 0 Å². The Kier molecular flexibility index (Phi) is 4.03. The van der Waals surface area contributed by atoms with E-state index in [4.69, 9.17) is 11.6 Å². The number of nitrogens with zero attached hydrogens (tertiary/aromatic N) is 4. The smallest absolute Gasteiger partial charge is 0.188 e. The highest BCUT2D eigenvalue weighted by Gasteiger charge is 2.13. The maximum atomic E-state index is 14.1. The number of fused-ring (bicyclic) bond motifs is 1. The molecule has 0 spiro atoms.